The number of esters is 2. The van der Waals surface area contributed by atoms with Gasteiger partial charge in [0.15, 0.2) is 5.82 Å². The minimum Gasteiger partial charge on any atom is -0.466 e. The number of hydrogen-bond donors (Lipinski definition) is 1. The molecule has 0 bridgehead atoms. The van der Waals surface area contributed by atoms with Crippen LogP contribution < -0.4 is 5.32 Å². The summed E-state index contributed by atoms with van der Waals surface area (Å²) in [7, 11) is 1.28. The van der Waals surface area contributed by atoms with Gasteiger partial charge >= 0.3 is 11.9 Å². The summed E-state index contributed by atoms with van der Waals surface area (Å²) in [6.07, 6.45) is 0. The first-order chi connectivity index (χ1) is 9.10. The Morgan fingerprint density at radius 1 is 1.53 bits per heavy atom. The fraction of sp³-hybridized carbons (Fsp3) is 0.636. The van der Waals surface area contributed by atoms with Gasteiger partial charge in [-0.3, -0.25) is 4.79 Å². The molecule has 2 heterocycles. The molecule has 1 aromatic heterocycles. The average Bonchev–Trinajstić information content (AvgIpc) is 2.83. The lowest BCUT2D eigenvalue weighted by Gasteiger charge is -2.29. The van der Waals surface area contributed by atoms with Gasteiger partial charge in [0, 0.05) is 6.54 Å². The third-order valence-corrected chi connectivity index (χ3v) is 3.12. The lowest BCUT2D eigenvalue weighted by molar-refractivity contribution is -0.149. The van der Waals surface area contributed by atoms with E-state index >= 15 is 0 Å². The third kappa shape index (κ3) is 2.25. The second-order valence-corrected chi connectivity index (χ2v) is 4.20. The third-order valence-electron chi connectivity index (χ3n) is 3.12. The predicted octanol–water partition coefficient (Wildman–Crippen LogP) is 0.230. The lowest BCUT2D eigenvalue weighted by Crippen LogP contribution is -2.38. The summed E-state index contributed by atoms with van der Waals surface area (Å²) in [5.41, 5.74) is 0.122. The SMILES string of the molecule is CCOC(=O)C1CNc2c(C(=O)OC)nnn2C1C. The van der Waals surface area contributed by atoms with Gasteiger partial charge < -0.3 is 14.8 Å². The quantitative estimate of drug-likeness (QED) is 0.784. The van der Waals surface area contributed by atoms with Crippen LogP contribution in [0.15, 0.2) is 0 Å². The maximum Gasteiger partial charge on any atom is 0.362 e. The number of carbonyl (C=O) groups excluding carboxylic acids is 2. The number of nitrogens with zero attached hydrogens (tertiary/aromatic N) is 3. The summed E-state index contributed by atoms with van der Waals surface area (Å²) >= 11 is 0. The first-order valence-corrected chi connectivity index (χ1v) is 6.04. The molecule has 2 rings (SSSR count). The van der Waals surface area contributed by atoms with Crippen LogP contribution in [0.3, 0.4) is 0 Å². The molecular weight excluding hydrogens is 252 g/mol. The van der Waals surface area contributed by atoms with Gasteiger partial charge in [0.05, 0.1) is 25.7 Å². The van der Waals surface area contributed by atoms with Gasteiger partial charge in [-0.05, 0) is 13.8 Å². The van der Waals surface area contributed by atoms with Crippen molar-refractivity contribution >= 4 is 17.8 Å². The molecule has 1 aliphatic heterocycles. The van der Waals surface area contributed by atoms with Crippen molar-refractivity contribution in [2.75, 3.05) is 25.6 Å². The molecule has 8 nitrogen and oxygen atoms in total. The van der Waals surface area contributed by atoms with Crippen molar-refractivity contribution in [3.8, 4) is 0 Å². The van der Waals surface area contributed by atoms with Crippen molar-refractivity contribution in [1.82, 2.24) is 15.0 Å². The zero-order chi connectivity index (χ0) is 14.0. The Balaban J connectivity index is 2.25. The molecule has 1 aliphatic rings. The van der Waals surface area contributed by atoms with Gasteiger partial charge in [0.25, 0.3) is 0 Å². The van der Waals surface area contributed by atoms with Gasteiger partial charge in [-0.2, -0.15) is 0 Å². The molecular formula is C11H16N4O4. The van der Waals surface area contributed by atoms with Crippen LogP contribution in [0.25, 0.3) is 0 Å². The summed E-state index contributed by atoms with van der Waals surface area (Å²) in [4.78, 5) is 23.3. The molecule has 1 aromatic rings. The van der Waals surface area contributed by atoms with Gasteiger partial charge in [-0.1, -0.05) is 5.21 Å². The zero-order valence-electron chi connectivity index (χ0n) is 11.0. The van der Waals surface area contributed by atoms with E-state index in [2.05, 4.69) is 20.4 Å². The molecule has 0 aliphatic carbocycles. The number of hydrogen-bond acceptors (Lipinski definition) is 7. The predicted molar refractivity (Wildman–Crippen MR) is 64.7 cm³/mol. The lowest BCUT2D eigenvalue weighted by atomic mass is 9.99. The fourth-order valence-electron chi connectivity index (χ4n) is 2.05. The Labute approximate surface area is 110 Å². The molecule has 0 amide bonds. The van der Waals surface area contributed by atoms with Crippen molar-refractivity contribution in [2.24, 2.45) is 5.92 Å². The summed E-state index contributed by atoms with van der Waals surface area (Å²) in [6.45, 7) is 4.30. The van der Waals surface area contributed by atoms with Crippen LogP contribution >= 0.6 is 0 Å². The van der Waals surface area contributed by atoms with Crippen LogP contribution in [0.2, 0.25) is 0 Å². The van der Waals surface area contributed by atoms with Crippen LogP contribution in [0.5, 0.6) is 0 Å². The Bertz CT molecular complexity index is 499. The van der Waals surface area contributed by atoms with E-state index < -0.39 is 5.97 Å². The summed E-state index contributed by atoms with van der Waals surface area (Å²) < 4.78 is 11.1. The van der Waals surface area contributed by atoms with Crippen molar-refractivity contribution in [3.05, 3.63) is 5.69 Å². The van der Waals surface area contributed by atoms with Crippen molar-refractivity contribution in [3.63, 3.8) is 0 Å². The number of anilines is 1. The molecule has 8 heteroatoms. The van der Waals surface area contributed by atoms with Crippen LogP contribution in [0, 0.1) is 5.92 Å². The molecule has 0 saturated heterocycles. The van der Waals surface area contributed by atoms with Crippen LogP contribution in [0.4, 0.5) is 5.82 Å². The molecule has 0 aromatic carbocycles. The van der Waals surface area contributed by atoms with Crippen molar-refractivity contribution in [1.29, 1.82) is 0 Å². The number of carbonyl (C=O) groups is 2. The molecule has 104 valence electrons. The number of nitrogens with one attached hydrogen (secondary N) is 1. The molecule has 19 heavy (non-hydrogen) atoms. The highest BCUT2D eigenvalue weighted by molar-refractivity contribution is 5.92. The van der Waals surface area contributed by atoms with E-state index in [9.17, 15) is 9.59 Å². The number of ether oxygens (including phenoxy) is 2. The van der Waals surface area contributed by atoms with E-state index in [0.29, 0.717) is 19.0 Å². The molecule has 0 saturated carbocycles. The zero-order valence-corrected chi connectivity index (χ0v) is 11.0. The second-order valence-electron chi connectivity index (χ2n) is 4.20. The van der Waals surface area contributed by atoms with Gasteiger partial charge in [-0.25, -0.2) is 9.48 Å². The van der Waals surface area contributed by atoms with Crippen molar-refractivity contribution < 1.29 is 19.1 Å². The van der Waals surface area contributed by atoms with E-state index in [-0.39, 0.29) is 23.6 Å². The minimum absolute atomic E-state index is 0.122. The summed E-state index contributed by atoms with van der Waals surface area (Å²) in [6, 6.07) is -0.235. The largest absolute Gasteiger partial charge is 0.466 e. The van der Waals surface area contributed by atoms with Crippen LogP contribution in [-0.2, 0) is 14.3 Å². The number of fused-ring (bicyclic) bond motifs is 1. The van der Waals surface area contributed by atoms with Crippen molar-refractivity contribution in [2.45, 2.75) is 19.9 Å². The first-order valence-electron chi connectivity index (χ1n) is 6.04. The Morgan fingerprint density at radius 2 is 2.26 bits per heavy atom. The normalized spacial score (nSPS) is 21.2. The Morgan fingerprint density at radius 3 is 2.89 bits per heavy atom. The van der Waals surface area contributed by atoms with Gasteiger partial charge in [0.2, 0.25) is 5.69 Å². The molecule has 0 radical (unpaired) electrons. The Kier molecular flexibility index (Phi) is 3.68. The highest BCUT2D eigenvalue weighted by atomic mass is 16.5. The summed E-state index contributed by atoms with van der Waals surface area (Å²) in [5, 5.41) is 10.7. The standard InChI is InChI=1S/C11H16N4O4/c1-4-19-10(16)7-5-12-9-8(11(17)18-3)13-14-15(9)6(7)2/h6-7,12H,4-5H2,1-3H3. The van der Waals surface area contributed by atoms with E-state index in [0.717, 1.165) is 0 Å². The first kappa shape index (κ1) is 13.3. The Hall–Kier alpha value is -2.12. The molecule has 0 fully saturated rings. The van der Waals surface area contributed by atoms with E-state index in [1.54, 1.807) is 6.92 Å². The second kappa shape index (κ2) is 5.25. The average molecular weight is 268 g/mol. The maximum absolute atomic E-state index is 11.8. The van der Waals surface area contributed by atoms with E-state index in [1.165, 1.54) is 11.8 Å². The monoisotopic (exact) mass is 268 g/mol. The van der Waals surface area contributed by atoms with Crippen LogP contribution in [-0.4, -0.2) is 47.2 Å². The maximum atomic E-state index is 11.8. The smallest absolute Gasteiger partial charge is 0.362 e. The summed E-state index contributed by atoms with van der Waals surface area (Å²) in [5.74, 6) is -0.738. The highest BCUT2D eigenvalue weighted by Gasteiger charge is 2.36. The molecule has 2 unspecified atom stereocenters. The molecule has 0 spiro atoms. The molecule has 1 N–H and O–H groups in total. The van der Waals surface area contributed by atoms with E-state index in [4.69, 9.17) is 4.74 Å². The van der Waals surface area contributed by atoms with Crippen LogP contribution in [0.1, 0.15) is 30.4 Å². The number of aromatic nitrogens is 3. The topological polar surface area (TPSA) is 95.3 Å². The fourth-order valence-corrected chi connectivity index (χ4v) is 2.05. The molecule has 2 atom stereocenters. The highest BCUT2D eigenvalue weighted by Crippen LogP contribution is 2.29. The van der Waals surface area contributed by atoms with Gasteiger partial charge in [0.1, 0.15) is 0 Å². The number of rotatable bonds is 3. The van der Waals surface area contributed by atoms with E-state index in [1.807, 2.05) is 6.92 Å². The number of methoxy groups -OCH3 is 1. The minimum atomic E-state index is -0.560. The van der Waals surface area contributed by atoms with Gasteiger partial charge in [-0.15, -0.1) is 5.10 Å².